The summed E-state index contributed by atoms with van der Waals surface area (Å²) in [6, 6.07) is 4.39. The van der Waals surface area contributed by atoms with Gasteiger partial charge in [0.05, 0.1) is 12.7 Å². The molecule has 1 heterocycles. The maximum absolute atomic E-state index is 13.8. The van der Waals surface area contributed by atoms with Crippen LogP contribution in [-0.2, 0) is 14.4 Å². The smallest absolute Gasteiger partial charge is 0.296 e. The van der Waals surface area contributed by atoms with Crippen LogP contribution in [0, 0.1) is 5.92 Å². The van der Waals surface area contributed by atoms with Gasteiger partial charge in [0.2, 0.25) is 11.8 Å². The Morgan fingerprint density at radius 1 is 1.03 bits per heavy atom. The van der Waals surface area contributed by atoms with Crippen LogP contribution in [0.25, 0.3) is 10.9 Å². The number of benzene rings is 1. The number of nitrogens with zero attached hydrogens (tertiary/aromatic N) is 1. The molecule has 0 spiro atoms. The lowest BCUT2D eigenvalue weighted by Gasteiger charge is -2.38. The van der Waals surface area contributed by atoms with E-state index < -0.39 is 23.6 Å². The summed E-state index contributed by atoms with van der Waals surface area (Å²) in [6.07, 6.45) is 11.1. The van der Waals surface area contributed by atoms with E-state index in [0.29, 0.717) is 16.7 Å². The Bertz CT molecular complexity index is 1130. The van der Waals surface area contributed by atoms with Gasteiger partial charge in [-0.1, -0.05) is 38.5 Å². The number of nitrogens with one attached hydrogen (secondary N) is 3. The van der Waals surface area contributed by atoms with Crippen molar-refractivity contribution in [1.82, 2.24) is 20.5 Å². The Kier molecular flexibility index (Phi) is 8.84. The van der Waals surface area contributed by atoms with Crippen molar-refractivity contribution in [2.75, 3.05) is 20.7 Å². The Morgan fingerprint density at radius 2 is 1.70 bits per heavy atom. The molecule has 0 saturated heterocycles. The lowest BCUT2D eigenvalue weighted by molar-refractivity contribution is -0.143. The first kappa shape index (κ1) is 26.7. The number of H-pyrrole nitrogens is 1. The fourth-order valence-electron chi connectivity index (χ4n) is 5.79. The van der Waals surface area contributed by atoms with E-state index in [9.17, 15) is 19.2 Å². The highest BCUT2D eigenvalue weighted by Crippen LogP contribution is 2.31. The fraction of sp³-hybridized carbons (Fsp3) is 0.571. The number of aromatic amines is 1. The number of rotatable bonds is 9. The van der Waals surface area contributed by atoms with E-state index in [0.717, 1.165) is 64.2 Å². The van der Waals surface area contributed by atoms with Crippen molar-refractivity contribution in [2.45, 2.75) is 76.3 Å². The fourth-order valence-corrected chi connectivity index (χ4v) is 5.79. The number of hydrogen-bond acceptors (Lipinski definition) is 5. The van der Waals surface area contributed by atoms with E-state index >= 15 is 0 Å². The molecule has 1 aromatic carbocycles. The van der Waals surface area contributed by atoms with Gasteiger partial charge in [-0.15, -0.1) is 0 Å². The predicted molar refractivity (Wildman–Crippen MR) is 140 cm³/mol. The molecule has 3 N–H and O–H groups in total. The average molecular weight is 511 g/mol. The van der Waals surface area contributed by atoms with Crippen LogP contribution in [0.15, 0.2) is 24.4 Å². The largest absolute Gasteiger partial charge is 0.497 e. The van der Waals surface area contributed by atoms with Gasteiger partial charge < -0.3 is 25.3 Å². The summed E-state index contributed by atoms with van der Waals surface area (Å²) in [5, 5.41) is 6.29. The van der Waals surface area contributed by atoms with Gasteiger partial charge in [0.1, 0.15) is 18.3 Å². The van der Waals surface area contributed by atoms with Crippen molar-refractivity contribution in [1.29, 1.82) is 0 Å². The highest BCUT2D eigenvalue weighted by molar-refractivity contribution is 6.45. The molecular formula is C28H38N4O5. The first-order valence-corrected chi connectivity index (χ1v) is 13.4. The zero-order valence-electron chi connectivity index (χ0n) is 21.8. The number of ether oxygens (including phenoxy) is 1. The predicted octanol–water partition coefficient (Wildman–Crippen LogP) is 3.33. The Morgan fingerprint density at radius 3 is 2.35 bits per heavy atom. The third-order valence-electron chi connectivity index (χ3n) is 7.83. The molecule has 200 valence electrons. The van der Waals surface area contributed by atoms with Gasteiger partial charge in [-0.3, -0.25) is 19.2 Å². The molecule has 1 atom stereocenters. The summed E-state index contributed by atoms with van der Waals surface area (Å²) in [5.74, 6) is -1.74. The van der Waals surface area contributed by atoms with Gasteiger partial charge in [0.25, 0.3) is 11.7 Å². The second kappa shape index (κ2) is 12.3. The van der Waals surface area contributed by atoms with Crippen LogP contribution in [0.3, 0.4) is 0 Å². The van der Waals surface area contributed by atoms with Crippen LogP contribution in [-0.4, -0.2) is 66.2 Å². The number of carbonyl (C=O) groups excluding carboxylic acids is 4. The Hall–Kier alpha value is -3.36. The van der Waals surface area contributed by atoms with Crippen molar-refractivity contribution in [2.24, 2.45) is 5.92 Å². The number of carbonyl (C=O) groups is 4. The summed E-state index contributed by atoms with van der Waals surface area (Å²) in [6.45, 7) is -0.351. The lowest BCUT2D eigenvalue weighted by Crippen LogP contribution is -2.58. The molecule has 9 nitrogen and oxygen atoms in total. The second-order valence-electron chi connectivity index (χ2n) is 10.2. The van der Waals surface area contributed by atoms with Crippen LogP contribution >= 0.6 is 0 Å². The number of aromatic nitrogens is 1. The Labute approximate surface area is 217 Å². The molecule has 2 saturated carbocycles. The number of Topliss-reactive ketones (excluding diaryl/α,β-unsaturated/α-hetero) is 1. The van der Waals surface area contributed by atoms with Gasteiger partial charge in [-0.05, 0) is 43.7 Å². The molecule has 4 rings (SSSR count). The Balaban J connectivity index is 1.66. The normalized spacial score (nSPS) is 17.7. The van der Waals surface area contributed by atoms with Gasteiger partial charge in [-0.25, -0.2) is 0 Å². The first-order chi connectivity index (χ1) is 17.9. The van der Waals surface area contributed by atoms with Crippen LogP contribution < -0.4 is 15.4 Å². The van der Waals surface area contributed by atoms with E-state index in [1.807, 2.05) is 0 Å². The van der Waals surface area contributed by atoms with Gasteiger partial charge in [0.15, 0.2) is 0 Å². The molecular weight excluding hydrogens is 472 g/mol. The van der Waals surface area contributed by atoms with E-state index in [1.54, 1.807) is 25.3 Å². The molecule has 0 bridgehead atoms. The van der Waals surface area contributed by atoms with Crippen LogP contribution in [0.2, 0.25) is 0 Å². The maximum Gasteiger partial charge on any atom is 0.296 e. The van der Waals surface area contributed by atoms with E-state index in [1.165, 1.54) is 18.1 Å². The minimum Gasteiger partial charge on any atom is -0.497 e. The minimum atomic E-state index is -0.874. The number of amides is 3. The second-order valence-corrected chi connectivity index (χ2v) is 10.2. The minimum absolute atomic E-state index is 0.0589. The van der Waals surface area contributed by atoms with Crippen molar-refractivity contribution >= 4 is 34.4 Å². The molecule has 3 amide bonds. The summed E-state index contributed by atoms with van der Waals surface area (Å²) in [5.41, 5.74) is 0.867. The molecule has 2 aromatic rings. The molecule has 2 aliphatic carbocycles. The molecule has 0 unspecified atom stereocenters. The SMILES string of the molecule is CNC(=O)CN(C(=O)C(=O)c1c[nH]c2cc(OC)ccc12)[C@@H](C(=O)NC1CCCCC1)C1CCCCC1. The number of fused-ring (bicyclic) bond motifs is 1. The number of ketones is 1. The van der Waals surface area contributed by atoms with Gasteiger partial charge >= 0.3 is 0 Å². The van der Waals surface area contributed by atoms with Crippen molar-refractivity contribution in [3.05, 3.63) is 30.0 Å². The molecule has 0 aliphatic heterocycles. The number of hydrogen-bond donors (Lipinski definition) is 3. The van der Waals surface area contributed by atoms with Crippen molar-refractivity contribution in [3.8, 4) is 5.75 Å². The van der Waals surface area contributed by atoms with E-state index in [4.69, 9.17) is 4.74 Å². The lowest BCUT2D eigenvalue weighted by atomic mass is 9.82. The van der Waals surface area contributed by atoms with E-state index in [-0.39, 0.29) is 30.0 Å². The summed E-state index contributed by atoms with van der Waals surface area (Å²) in [4.78, 5) is 57.9. The third-order valence-corrected chi connectivity index (χ3v) is 7.83. The molecule has 2 aliphatic rings. The zero-order chi connectivity index (χ0) is 26.4. The first-order valence-electron chi connectivity index (χ1n) is 13.4. The molecule has 0 radical (unpaired) electrons. The third kappa shape index (κ3) is 6.14. The topological polar surface area (TPSA) is 121 Å². The van der Waals surface area contributed by atoms with Crippen molar-refractivity contribution in [3.63, 3.8) is 0 Å². The molecule has 2 fully saturated rings. The number of likely N-dealkylation sites (N-methyl/N-ethyl adjacent to an activating group) is 1. The van der Waals surface area contributed by atoms with Crippen LogP contribution in [0.4, 0.5) is 0 Å². The number of methoxy groups -OCH3 is 1. The summed E-state index contributed by atoms with van der Waals surface area (Å²) >= 11 is 0. The average Bonchev–Trinajstić information content (AvgIpc) is 3.36. The monoisotopic (exact) mass is 510 g/mol. The van der Waals surface area contributed by atoms with Crippen LogP contribution in [0.1, 0.15) is 74.6 Å². The van der Waals surface area contributed by atoms with Gasteiger partial charge in [0, 0.05) is 36.3 Å². The maximum atomic E-state index is 13.8. The molecule has 37 heavy (non-hydrogen) atoms. The highest BCUT2D eigenvalue weighted by atomic mass is 16.5. The van der Waals surface area contributed by atoms with Crippen molar-refractivity contribution < 1.29 is 23.9 Å². The summed E-state index contributed by atoms with van der Waals surface area (Å²) in [7, 11) is 3.04. The molecule has 1 aromatic heterocycles. The summed E-state index contributed by atoms with van der Waals surface area (Å²) < 4.78 is 5.25. The molecule has 9 heteroatoms. The zero-order valence-corrected chi connectivity index (χ0v) is 21.8. The van der Waals surface area contributed by atoms with Crippen LogP contribution in [0.5, 0.6) is 5.75 Å². The quantitative estimate of drug-likeness (QED) is 0.353. The standard InChI is InChI=1S/C28H38N4O5/c1-29-24(33)17-32(28(36)26(34)22-16-30-23-15-20(37-2)13-14-21(22)23)25(18-9-5-3-6-10-18)27(35)31-19-11-7-4-8-12-19/h13-16,18-19,25,30H,3-12,17H2,1-2H3,(H,29,33)(H,31,35)/t25-/m1/s1. The highest BCUT2D eigenvalue weighted by Gasteiger charge is 2.41. The van der Waals surface area contributed by atoms with E-state index in [2.05, 4.69) is 15.6 Å². The van der Waals surface area contributed by atoms with Gasteiger partial charge in [-0.2, -0.15) is 0 Å².